The van der Waals surface area contributed by atoms with Crippen molar-refractivity contribution in [3.05, 3.63) is 55.0 Å². The van der Waals surface area contributed by atoms with E-state index in [-0.39, 0.29) is 11.3 Å². The van der Waals surface area contributed by atoms with Crippen LogP contribution in [-0.2, 0) is 6.54 Å². The van der Waals surface area contributed by atoms with Gasteiger partial charge in [-0.3, -0.25) is 4.57 Å². The van der Waals surface area contributed by atoms with Crippen molar-refractivity contribution in [1.29, 1.82) is 0 Å². The van der Waals surface area contributed by atoms with Gasteiger partial charge in [0.2, 0.25) is 0 Å². The molecule has 0 aliphatic rings. The number of imidazole rings is 1. The highest BCUT2D eigenvalue weighted by Crippen LogP contribution is 2.24. The van der Waals surface area contributed by atoms with Gasteiger partial charge >= 0.3 is 11.7 Å². The number of carbonyl (C=O) groups is 1. The van der Waals surface area contributed by atoms with Crippen LogP contribution >= 0.6 is 27.3 Å². The third-order valence-corrected chi connectivity index (χ3v) is 4.92. The molecule has 0 saturated heterocycles. The second-order valence-electron chi connectivity index (χ2n) is 4.25. The van der Waals surface area contributed by atoms with Crippen LogP contribution in [0.4, 0.5) is 0 Å². The van der Waals surface area contributed by atoms with Gasteiger partial charge in [-0.25, -0.2) is 9.59 Å². The summed E-state index contributed by atoms with van der Waals surface area (Å²) in [5, 5.41) is 10.9. The maximum atomic E-state index is 12.0. The average Bonchev–Trinajstić information content (AvgIpc) is 2.94. The lowest BCUT2D eigenvalue weighted by molar-refractivity contribution is 0.0697. The largest absolute Gasteiger partial charge is 0.478 e. The van der Waals surface area contributed by atoms with Crippen LogP contribution in [0.1, 0.15) is 15.2 Å². The summed E-state index contributed by atoms with van der Waals surface area (Å²) >= 11 is 5.00. The molecule has 3 rings (SSSR count). The molecule has 2 N–H and O–H groups in total. The normalized spacial score (nSPS) is 11.1. The van der Waals surface area contributed by atoms with Crippen LogP contribution in [0.5, 0.6) is 0 Å². The number of carboxylic acid groups (broad SMARTS) is 1. The molecule has 0 bridgehead atoms. The van der Waals surface area contributed by atoms with E-state index in [4.69, 9.17) is 5.11 Å². The molecule has 5 nitrogen and oxygen atoms in total. The third-order valence-electron chi connectivity index (χ3n) is 3.01. The molecule has 0 fully saturated rings. The fourth-order valence-corrected chi connectivity index (χ4v) is 3.50. The number of H-pyrrole nitrogens is 1. The van der Waals surface area contributed by atoms with Gasteiger partial charge in [-0.2, -0.15) is 0 Å². The predicted molar refractivity (Wildman–Crippen MR) is 80.6 cm³/mol. The number of thiophene rings is 1. The average molecular weight is 353 g/mol. The first-order chi connectivity index (χ1) is 9.56. The molecule has 2 heterocycles. The Morgan fingerprint density at radius 2 is 2.20 bits per heavy atom. The lowest BCUT2D eigenvalue weighted by Crippen LogP contribution is -2.16. The maximum Gasteiger partial charge on any atom is 0.335 e. The van der Waals surface area contributed by atoms with E-state index in [1.807, 2.05) is 11.4 Å². The van der Waals surface area contributed by atoms with Gasteiger partial charge in [0, 0.05) is 9.35 Å². The number of rotatable bonds is 3. The molecule has 0 radical (unpaired) electrons. The number of hydrogen-bond donors (Lipinski definition) is 2. The number of aromatic nitrogens is 2. The summed E-state index contributed by atoms with van der Waals surface area (Å²) in [5.74, 6) is -1.01. The number of benzene rings is 1. The Morgan fingerprint density at radius 3 is 2.85 bits per heavy atom. The topological polar surface area (TPSA) is 75.1 Å². The Hall–Kier alpha value is -1.86. The molecular formula is C13H9BrN2O3S. The summed E-state index contributed by atoms with van der Waals surface area (Å²) in [6.07, 6.45) is 0. The molecule has 102 valence electrons. The van der Waals surface area contributed by atoms with Gasteiger partial charge in [-0.05, 0) is 45.6 Å². The molecule has 0 unspecified atom stereocenters. The van der Waals surface area contributed by atoms with Gasteiger partial charge in [0.15, 0.2) is 0 Å². The predicted octanol–water partition coefficient (Wildman–Crippen LogP) is 2.90. The number of halogens is 1. The van der Waals surface area contributed by atoms with Crippen LogP contribution in [-0.4, -0.2) is 20.6 Å². The Bertz CT molecular complexity index is 862. The van der Waals surface area contributed by atoms with Crippen LogP contribution in [0.3, 0.4) is 0 Å². The zero-order valence-electron chi connectivity index (χ0n) is 10.1. The number of nitrogens with one attached hydrogen (secondary N) is 1. The molecule has 1 aromatic carbocycles. The summed E-state index contributed by atoms with van der Waals surface area (Å²) in [5.41, 5.74) is 1.13. The molecule has 3 aromatic rings. The SMILES string of the molecule is O=C(O)c1ccc2c(c1)[nH]c(=O)n2Cc1sccc1Br. The van der Waals surface area contributed by atoms with Crippen molar-refractivity contribution in [2.24, 2.45) is 0 Å². The highest BCUT2D eigenvalue weighted by molar-refractivity contribution is 9.10. The van der Waals surface area contributed by atoms with Crippen molar-refractivity contribution >= 4 is 44.3 Å². The summed E-state index contributed by atoms with van der Waals surface area (Å²) in [4.78, 5) is 26.7. The van der Waals surface area contributed by atoms with Gasteiger partial charge in [0.05, 0.1) is 23.1 Å². The second kappa shape index (κ2) is 4.92. The second-order valence-corrected chi connectivity index (χ2v) is 6.10. The number of carboxylic acids is 1. The lowest BCUT2D eigenvalue weighted by Gasteiger charge is -2.02. The molecule has 0 atom stereocenters. The molecule has 0 saturated carbocycles. The molecular weight excluding hydrogens is 344 g/mol. The molecule has 2 aromatic heterocycles. The van der Waals surface area contributed by atoms with E-state index in [9.17, 15) is 9.59 Å². The fraction of sp³-hybridized carbons (Fsp3) is 0.0769. The van der Waals surface area contributed by atoms with Gasteiger partial charge in [-0.1, -0.05) is 0 Å². The van der Waals surface area contributed by atoms with Crippen molar-refractivity contribution < 1.29 is 9.90 Å². The van der Waals surface area contributed by atoms with Crippen LogP contribution in [0.2, 0.25) is 0 Å². The minimum absolute atomic E-state index is 0.156. The maximum absolute atomic E-state index is 12.0. The molecule has 0 amide bonds. The van der Waals surface area contributed by atoms with E-state index in [1.54, 1.807) is 22.0 Å². The number of aromatic carboxylic acids is 1. The summed E-state index contributed by atoms with van der Waals surface area (Å²) < 4.78 is 2.56. The fourth-order valence-electron chi connectivity index (χ4n) is 2.04. The van der Waals surface area contributed by atoms with Crippen molar-refractivity contribution in [2.45, 2.75) is 6.54 Å². The Morgan fingerprint density at radius 1 is 1.40 bits per heavy atom. The Balaban J connectivity index is 2.12. The van der Waals surface area contributed by atoms with E-state index in [0.29, 0.717) is 17.6 Å². The number of nitrogens with zero attached hydrogens (tertiary/aromatic N) is 1. The minimum Gasteiger partial charge on any atom is -0.478 e. The van der Waals surface area contributed by atoms with Crippen LogP contribution in [0.25, 0.3) is 11.0 Å². The summed E-state index contributed by atoms with van der Waals surface area (Å²) in [7, 11) is 0. The summed E-state index contributed by atoms with van der Waals surface area (Å²) in [6.45, 7) is 0.448. The lowest BCUT2D eigenvalue weighted by atomic mass is 10.2. The number of fused-ring (bicyclic) bond motifs is 1. The van der Waals surface area contributed by atoms with Gasteiger partial charge in [0.1, 0.15) is 0 Å². The number of aromatic amines is 1. The Labute approximate surface area is 125 Å². The van der Waals surface area contributed by atoms with Crippen LogP contribution in [0.15, 0.2) is 38.9 Å². The molecule has 0 spiro atoms. The molecule has 20 heavy (non-hydrogen) atoms. The monoisotopic (exact) mass is 352 g/mol. The minimum atomic E-state index is -1.01. The van der Waals surface area contributed by atoms with Crippen molar-refractivity contribution in [2.75, 3.05) is 0 Å². The van der Waals surface area contributed by atoms with Crippen LogP contribution < -0.4 is 5.69 Å². The molecule has 7 heteroatoms. The molecule has 0 aliphatic heterocycles. The zero-order valence-corrected chi connectivity index (χ0v) is 12.5. The van der Waals surface area contributed by atoms with Crippen molar-refractivity contribution in [1.82, 2.24) is 9.55 Å². The van der Waals surface area contributed by atoms with E-state index < -0.39 is 5.97 Å². The van der Waals surface area contributed by atoms with Crippen molar-refractivity contribution in [3.8, 4) is 0 Å². The first kappa shape index (κ1) is 13.1. The quantitative estimate of drug-likeness (QED) is 0.760. The van der Waals surface area contributed by atoms with E-state index in [1.165, 1.54) is 12.1 Å². The van der Waals surface area contributed by atoms with Crippen LogP contribution in [0, 0.1) is 0 Å². The van der Waals surface area contributed by atoms with E-state index in [2.05, 4.69) is 20.9 Å². The number of hydrogen-bond acceptors (Lipinski definition) is 3. The van der Waals surface area contributed by atoms with E-state index >= 15 is 0 Å². The van der Waals surface area contributed by atoms with Crippen molar-refractivity contribution in [3.63, 3.8) is 0 Å². The first-order valence-corrected chi connectivity index (χ1v) is 7.41. The van der Waals surface area contributed by atoms with E-state index in [0.717, 1.165) is 9.35 Å². The first-order valence-electron chi connectivity index (χ1n) is 5.74. The zero-order chi connectivity index (χ0) is 14.3. The summed E-state index contributed by atoms with van der Waals surface area (Å²) in [6, 6.07) is 6.55. The third kappa shape index (κ3) is 2.19. The van der Waals surface area contributed by atoms with Gasteiger partial charge in [0.25, 0.3) is 0 Å². The standard InChI is InChI=1S/C13H9BrN2O3S/c14-8-3-4-20-11(8)6-16-10-2-1-7(12(17)18)5-9(10)15-13(16)19/h1-5H,6H2,(H,15,19)(H,17,18). The highest BCUT2D eigenvalue weighted by Gasteiger charge is 2.12. The Kier molecular flexibility index (Phi) is 3.23. The van der Waals surface area contributed by atoms with Gasteiger partial charge in [-0.15, -0.1) is 11.3 Å². The van der Waals surface area contributed by atoms with Gasteiger partial charge < -0.3 is 10.1 Å². The smallest absolute Gasteiger partial charge is 0.335 e. The molecule has 0 aliphatic carbocycles. The highest BCUT2D eigenvalue weighted by atomic mass is 79.9.